The van der Waals surface area contributed by atoms with Gasteiger partial charge in [0.1, 0.15) is 11.9 Å². The summed E-state index contributed by atoms with van der Waals surface area (Å²) in [6.45, 7) is 19.8. The highest BCUT2D eigenvalue weighted by molar-refractivity contribution is 5.87. The van der Waals surface area contributed by atoms with Gasteiger partial charge in [0.2, 0.25) is 0 Å². The Morgan fingerprint density at radius 2 is 1.76 bits per heavy atom. The van der Waals surface area contributed by atoms with Crippen molar-refractivity contribution in [1.29, 1.82) is 0 Å². The second-order valence-electron chi connectivity index (χ2n) is 16.3. The number of hydrogen-bond donors (Lipinski definition) is 1. The summed E-state index contributed by atoms with van der Waals surface area (Å²) in [6, 6.07) is 5.60. The fourth-order valence-corrected chi connectivity index (χ4v) is 10.8. The lowest BCUT2D eigenvalue weighted by Gasteiger charge is -2.63. The van der Waals surface area contributed by atoms with Gasteiger partial charge in [-0.15, -0.1) is 0 Å². The summed E-state index contributed by atoms with van der Waals surface area (Å²) in [5.74, 6) is 4.63. The number of benzene rings is 1. The first-order valence-electron chi connectivity index (χ1n) is 18.5. The Labute approximate surface area is 280 Å². The monoisotopic (exact) mass is 630 g/mol. The van der Waals surface area contributed by atoms with Crippen LogP contribution in [0.1, 0.15) is 124 Å². The molecule has 9 unspecified atom stereocenters. The minimum Gasteiger partial charge on any atom is -0.494 e. The van der Waals surface area contributed by atoms with Crippen LogP contribution in [-0.4, -0.2) is 23.8 Å². The van der Waals surface area contributed by atoms with Crippen LogP contribution in [-0.2, 0) is 16.1 Å². The maximum absolute atomic E-state index is 12.9. The number of esters is 1. The Morgan fingerprint density at radius 1 is 1.00 bits per heavy atom. The largest absolute Gasteiger partial charge is 0.494 e. The van der Waals surface area contributed by atoms with Crippen LogP contribution in [0, 0.1) is 51.8 Å². The Kier molecular flexibility index (Phi) is 10.7. The summed E-state index contributed by atoms with van der Waals surface area (Å²) in [7, 11) is 0. The van der Waals surface area contributed by atoms with Gasteiger partial charge in [-0.25, -0.2) is 4.79 Å². The minimum atomic E-state index is -0.290. The molecule has 3 fully saturated rings. The maximum Gasteiger partial charge on any atom is 0.331 e. The predicted molar refractivity (Wildman–Crippen MR) is 189 cm³/mol. The average molecular weight is 631 g/mol. The number of hydrogen-bond acceptors (Lipinski definition) is 4. The standard InChI is InChI=1S/C42H62O4/c1-9-31(28(3)4)14-11-29(5)35-20-23-42(8)37-16-15-33-26-34(19-22-40(33,6)36(37)21-24-41(35,42)7)46-39(44)18-13-30-12-17-38(45-10-2)32(25-30)27-43/h11-15,17-18,25,28-29,31,34-37,43H,9-10,16,19-24,26-27H2,1-8H3/b14-11+,18-13+. The zero-order chi connectivity index (χ0) is 33.3. The molecule has 0 bridgehead atoms. The molecule has 254 valence electrons. The molecule has 4 heteroatoms. The average Bonchev–Trinajstić information content (AvgIpc) is 3.31. The normalized spacial score (nSPS) is 35.4. The zero-order valence-electron chi connectivity index (χ0n) is 30.1. The molecule has 0 spiro atoms. The molecule has 0 heterocycles. The van der Waals surface area contributed by atoms with Gasteiger partial charge < -0.3 is 14.6 Å². The number of rotatable bonds is 11. The molecule has 4 aliphatic carbocycles. The van der Waals surface area contributed by atoms with Gasteiger partial charge in [-0.05, 0) is 134 Å². The molecule has 0 amide bonds. The van der Waals surface area contributed by atoms with Crippen molar-refractivity contribution in [3.63, 3.8) is 0 Å². The van der Waals surface area contributed by atoms with E-state index in [1.807, 2.05) is 25.1 Å². The van der Waals surface area contributed by atoms with E-state index in [0.29, 0.717) is 40.9 Å². The molecule has 0 aliphatic heterocycles. The lowest BCUT2D eigenvalue weighted by atomic mass is 9.42. The van der Waals surface area contributed by atoms with E-state index in [2.05, 4.69) is 66.7 Å². The first kappa shape index (κ1) is 35.0. The number of aliphatic hydroxyl groups excluding tert-OH is 1. The van der Waals surface area contributed by atoms with Crippen LogP contribution < -0.4 is 4.74 Å². The molecule has 5 rings (SSSR count). The highest BCUT2D eigenvalue weighted by Gasteiger charge is 2.64. The molecule has 9 atom stereocenters. The first-order valence-corrected chi connectivity index (χ1v) is 18.5. The number of allylic oxidation sites excluding steroid dienone is 3. The van der Waals surface area contributed by atoms with E-state index in [0.717, 1.165) is 48.1 Å². The van der Waals surface area contributed by atoms with Gasteiger partial charge in [-0.2, -0.15) is 0 Å². The third-order valence-corrected chi connectivity index (χ3v) is 13.9. The maximum atomic E-state index is 12.9. The molecule has 4 aliphatic rings. The van der Waals surface area contributed by atoms with Crippen LogP contribution in [0.3, 0.4) is 0 Å². The number of ether oxygens (including phenoxy) is 2. The van der Waals surface area contributed by atoms with Crippen LogP contribution in [0.4, 0.5) is 0 Å². The van der Waals surface area contributed by atoms with E-state index in [4.69, 9.17) is 9.47 Å². The van der Waals surface area contributed by atoms with Crippen molar-refractivity contribution < 1.29 is 19.4 Å². The van der Waals surface area contributed by atoms with Crippen LogP contribution in [0.25, 0.3) is 6.08 Å². The lowest BCUT2D eigenvalue weighted by molar-refractivity contribution is -0.146. The minimum absolute atomic E-state index is 0.0629. The molecular formula is C42H62O4. The molecular weight excluding hydrogens is 568 g/mol. The van der Waals surface area contributed by atoms with E-state index in [9.17, 15) is 9.90 Å². The van der Waals surface area contributed by atoms with Crippen molar-refractivity contribution in [3.05, 3.63) is 59.2 Å². The van der Waals surface area contributed by atoms with Crippen molar-refractivity contribution in [2.45, 2.75) is 126 Å². The van der Waals surface area contributed by atoms with Crippen LogP contribution in [0.15, 0.2) is 48.1 Å². The molecule has 0 radical (unpaired) electrons. The smallest absolute Gasteiger partial charge is 0.331 e. The number of fused-ring (bicyclic) bond motifs is 5. The Bertz CT molecular complexity index is 1320. The lowest BCUT2D eigenvalue weighted by Crippen LogP contribution is -2.55. The predicted octanol–water partition coefficient (Wildman–Crippen LogP) is 10.3. The van der Waals surface area contributed by atoms with Crippen molar-refractivity contribution in [1.82, 2.24) is 0 Å². The van der Waals surface area contributed by atoms with E-state index >= 15 is 0 Å². The van der Waals surface area contributed by atoms with Crippen molar-refractivity contribution in [3.8, 4) is 5.75 Å². The number of aliphatic hydroxyl groups is 1. The first-order chi connectivity index (χ1) is 21.9. The molecule has 0 saturated heterocycles. The summed E-state index contributed by atoms with van der Waals surface area (Å²) in [6.07, 6.45) is 21.6. The third-order valence-electron chi connectivity index (χ3n) is 13.9. The summed E-state index contributed by atoms with van der Waals surface area (Å²) >= 11 is 0. The SMILES string of the molecule is CCOc1ccc(/C=C/C(=O)OC2CCC3(C)C(=CCC4C3CCC3(C)C(C(C)/C=C/C(CC)C(C)C)CCC43C)C2)cc1CO. The summed E-state index contributed by atoms with van der Waals surface area (Å²) in [5.41, 5.74) is 4.08. The Morgan fingerprint density at radius 3 is 2.46 bits per heavy atom. The zero-order valence-corrected chi connectivity index (χ0v) is 30.1. The summed E-state index contributed by atoms with van der Waals surface area (Å²) < 4.78 is 11.6. The van der Waals surface area contributed by atoms with Crippen LogP contribution in [0.5, 0.6) is 5.75 Å². The second-order valence-corrected chi connectivity index (χ2v) is 16.3. The van der Waals surface area contributed by atoms with Gasteiger partial charge in [0, 0.05) is 18.1 Å². The molecule has 1 aromatic rings. The van der Waals surface area contributed by atoms with Gasteiger partial charge in [0.15, 0.2) is 0 Å². The van der Waals surface area contributed by atoms with E-state index in [1.165, 1.54) is 44.6 Å². The van der Waals surface area contributed by atoms with Crippen molar-refractivity contribution in [2.75, 3.05) is 6.61 Å². The van der Waals surface area contributed by atoms with Crippen molar-refractivity contribution >= 4 is 12.0 Å². The van der Waals surface area contributed by atoms with Gasteiger partial charge in [0.25, 0.3) is 0 Å². The quantitative estimate of drug-likeness (QED) is 0.150. The number of carbonyl (C=O) groups is 1. The molecule has 46 heavy (non-hydrogen) atoms. The summed E-state index contributed by atoms with van der Waals surface area (Å²) in [5, 5.41) is 9.71. The van der Waals surface area contributed by atoms with Gasteiger partial charge in [-0.3, -0.25) is 0 Å². The fraction of sp³-hybridized carbons (Fsp3) is 0.690. The summed E-state index contributed by atoms with van der Waals surface area (Å²) in [4.78, 5) is 12.9. The topological polar surface area (TPSA) is 55.8 Å². The van der Waals surface area contributed by atoms with E-state index in [1.54, 1.807) is 11.6 Å². The third kappa shape index (κ3) is 6.41. The van der Waals surface area contributed by atoms with Gasteiger partial charge in [-0.1, -0.05) is 78.3 Å². The van der Waals surface area contributed by atoms with Gasteiger partial charge >= 0.3 is 5.97 Å². The van der Waals surface area contributed by atoms with Gasteiger partial charge in [0.05, 0.1) is 13.2 Å². The van der Waals surface area contributed by atoms with E-state index < -0.39 is 0 Å². The number of carbonyl (C=O) groups excluding carboxylic acids is 1. The highest BCUT2D eigenvalue weighted by Crippen LogP contribution is 2.72. The Hall–Kier alpha value is -2.33. The van der Waals surface area contributed by atoms with Crippen LogP contribution in [0.2, 0.25) is 0 Å². The highest BCUT2D eigenvalue weighted by atomic mass is 16.5. The molecule has 3 saturated carbocycles. The molecule has 4 nitrogen and oxygen atoms in total. The fourth-order valence-electron chi connectivity index (χ4n) is 10.8. The molecule has 1 N–H and O–H groups in total. The Balaban J connectivity index is 1.24. The molecule has 0 aromatic heterocycles. The second kappa shape index (κ2) is 14.0. The van der Waals surface area contributed by atoms with Crippen LogP contribution >= 0.6 is 0 Å². The van der Waals surface area contributed by atoms with E-state index in [-0.39, 0.29) is 24.1 Å². The molecule has 1 aromatic carbocycles. The van der Waals surface area contributed by atoms with Crippen molar-refractivity contribution in [2.24, 2.45) is 51.8 Å².